The van der Waals surface area contributed by atoms with Crippen LogP contribution in [0.4, 0.5) is 0 Å². The summed E-state index contributed by atoms with van der Waals surface area (Å²) in [5.74, 6) is 0.332. The van der Waals surface area contributed by atoms with Crippen LogP contribution < -0.4 is 0 Å². The molecule has 2 heteroatoms. The van der Waals surface area contributed by atoms with E-state index >= 15 is 0 Å². The Morgan fingerprint density at radius 3 is 2.70 bits per heavy atom. The lowest BCUT2D eigenvalue weighted by molar-refractivity contribution is 0.103. The third-order valence-corrected chi connectivity index (χ3v) is 2.12. The van der Waals surface area contributed by atoms with Gasteiger partial charge in [-0.15, -0.1) is 0 Å². The lowest BCUT2D eigenvalue weighted by atomic mass is 9.87. The van der Waals surface area contributed by atoms with Crippen molar-refractivity contribution in [2.45, 2.75) is 31.8 Å². The summed E-state index contributed by atoms with van der Waals surface area (Å²) >= 11 is 0. The van der Waals surface area contributed by atoms with E-state index in [0.29, 0.717) is 5.92 Å². The zero-order valence-corrected chi connectivity index (χ0v) is 6.45. The molecule has 0 aromatic rings. The molecule has 1 rings (SSSR count). The van der Waals surface area contributed by atoms with Gasteiger partial charge in [-0.1, -0.05) is 12.8 Å². The van der Waals surface area contributed by atoms with Gasteiger partial charge < -0.3 is 10.1 Å². The Hall–Kier alpha value is -0.370. The van der Waals surface area contributed by atoms with Gasteiger partial charge in [-0.25, -0.2) is 0 Å². The molecule has 0 heterocycles. The molecule has 0 spiro atoms. The first-order valence-electron chi connectivity index (χ1n) is 3.95. The quantitative estimate of drug-likeness (QED) is 0.547. The minimum atomic E-state index is -0.127. The highest BCUT2D eigenvalue weighted by molar-refractivity contribution is 5.61. The van der Waals surface area contributed by atoms with Crippen LogP contribution in [0.25, 0.3) is 0 Å². The minimum absolute atomic E-state index is 0.127. The molecule has 2 unspecified atom stereocenters. The van der Waals surface area contributed by atoms with E-state index < -0.39 is 0 Å². The average Bonchev–Trinajstić information content (AvgIpc) is 1.94. The van der Waals surface area contributed by atoms with Crippen LogP contribution in [-0.4, -0.2) is 24.5 Å². The number of hydrogen-bond acceptors (Lipinski definition) is 2. The van der Waals surface area contributed by atoms with Crippen LogP contribution >= 0.6 is 0 Å². The van der Waals surface area contributed by atoms with Crippen molar-refractivity contribution < 1.29 is 5.11 Å². The fraction of sp³-hybridized carbons (Fsp3) is 0.875. The van der Waals surface area contributed by atoms with Crippen LogP contribution in [0.2, 0.25) is 0 Å². The number of aliphatic imine (C=N–C) groups is 1. The molecule has 10 heavy (non-hydrogen) atoms. The van der Waals surface area contributed by atoms with E-state index in [1.54, 1.807) is 7.05 Å². The maximum Gasteiger partial charge on any atom is 0.0617 e. The van der Waals surface area contributed by atoms with Crippen LogP contribution in [0.3, 0.4) is 0 Å². The van der Waals surface area contributed by atoms with Gasteiger partial charge in [0.1, 0.15) is 0 Å². The van der Waals surface area contributed by atoms with E-state index in [4.69, 9.17) is 0 Å². The molecular formula is C8H15NO. The first-order valence-corrected chi connectivity index (χ1v) is 3.95. The summed E-state index contributed by atoms with van der Waals surface area (Å²) in [7, 11) is 1.77. The molecule has 2 nitrogen and oxygen atoms in total. The second-order valence-corrected chi connectivity index (χ2v) is 2.92. The lowest BCUT2D eigenvalue weighted by Gasteiger charge is -2.23. The average molecular weight is 141 g/mol. The highest BCUT2D eigenvalue weighted by Crippen LogP contribution is 2.22. The Morgan fingerprint density at radius 2 is 2.10 bits per heavy atom. The zero-order chi connectivity index (χ0) is 7.40. The molecule has 0 aromatic heterocycles. The van der Waals surface area contributed by atoms with Crippen LogP contribution in [0, 0.1) is 5.92 Å². The number of hydrogen-bond donors (Lipinski definition) is 1. The molecule has 1 N–H and O–H groups in total. The standard InChI is InChI=1S/C8H15NO/c1-9-6-7-4-2-3-5-8(7)10/h6-8,10H,2-5H2,1H3. The molecule has 0 bridgehead atoms. The van der Waals surface area contributed by atoms with Crippen molar-refractivity contribution in [1.29, 1.82) is 0 Å². The van der Waals surface area contributed by atoms with E-state index in [0.717, 1.165) is 12.8 Å². The molecule has 0 radical (unpaired) electrons. The summed E-state index contributed by atoms with van der Waals surface area (Å²) in [4.78, 5) is 3.92. The maximum atomic E-state index is 9.41. The van der Waals surface area contributed by atoms with Gasteiger partial charge >= 0.3 is 0 Å². The van der Waals surface area contributed by atoms with Crippen LogP contribution in [0.1, 0.15) is 25.7 Å². The van der Waals surface area contributed by atoms with E-state index in [1.807, 2.05) is 6.21 Å². The number of aliphatic hydroxyl groups is 1. The zero-order valence-electron chi connectivity index (χ0n) is 6.45. The van der Waals surface area contributed by atoms with Crippen LogP contribution in [0.5, 0.6) is 0 Å². The van der Waals surface area contributed by atoms with Gasteiger partial charge in [0.15, 0.2) is 0 Å². The topological polar surface area (TPSA) is 32.6 Å². The maximum absolute atomic E-state index is 9.41. The Kier molecular flexibility index (Phi) is 2.87. The normalized spacial score (nSPS) is 35.0. The Morgan fingerprint density at radius 1 is 1.40 bits per heavy atom. The van der Waals surface area contributed by atoms with Crippen molar-refractivity contribution in [2.24, 2.45) is 10.9 Å². The van der Waals surface area contributed by atoms with Crippen LogP contribution in [0.15, 0.2) is 4.99 Å². The molecule has 0 aromatic carbocycles. The van der Waals surface area contributed by atoms with E-state index in [-0.39, 0.29) is 6.10 Å². The smallest absolute Gasteiger partial charge is 0.0617 e. The van der Waals surface area contributed by atoms with Crippen molar-refractivity contribution in [3.8, 4) is 0 Å². The molecule has 0 aliphatic heterocycles. The van der Waals surface area contributed by atoms with Gasteiger partial charge in [0.25, 0.3) is 0 Å². The molecule has 0 amide bonds. The first-order chi connectivity index (χ1) is 4.84. The Balaban J connectivity index is 2.39. The largest absolute Gasteiger partial charge is 0.392 e. The summed E-state index contributed by atoms with van der Waals surface area (Å²) in [6.45, 7) is 0. The van der Waals surface area contributed by atoms with Crippen LogP contribution in [-0.2, 0) is 0 Å². The number of rotatable bonds is 1. The molecule has 58 valence electrons. The summed E-state index contributed by atoms with van der Waals surface area (Å²) in [6, 6.07) is 0. The van der Waals surface area contributed by atoms with Gasteiger partial charge in [0, 0.05) is 19.2 Å². The predicted octanol–water partition coefficient (Wildman–Crippen LogP) is 1.24. The van der Waals surface area contributed by atoms with E-state index in [1.165, 1.54) is 12.8 Å². The molecule has 1 aliphatic carbocycles. The summed E-state index contributed by atoms with van der Waals surface area (Å²) in [5.41, 5.74) is 0. The predicted molar refractivity (Wildman–Crippen MR) is 42.4 cm³/mol. The number of nitrogens with zero attached hydrogens (tertiary/aromatic N) is 1. The van der Waals surface area contributed by atoms with Gasteiger partial charge in [-0.2, -0.15) is 0 Å². The SMILES string of the molecule is CN=CC1CCCCC1O. The highest BCUT2D eigenvalue weighted by atomic mass is 16.3. The molecule has 1 fully saturated rings. The fourth-order valence-corrected chi connectivity index (χ4v) is 1.51. The molecule has 1 aliphatic rings. The second kappa shape index (κ2) is 3.71. The summed E-state index contributed by atoms with van der Waals surface area (Å²) in [5, 5.41) is 9.41. The molecule has 0 saturated heterocycles. The van der Waals surface area contributed by atoms with Crippen molar-refractivity contribution in [1.82, 2.24) is 0 Å². The van der Waals surface area contributed by atoms with E-state index in [9.17, 15) is 5.11 Å². The summed E-state index contributed by atoms with van der Waals surface area (Å²) < 4.78 is 0. The Labute approximate surface area is 62.0 Å². The van der Waals surface area contributed by atoms with Crippen molar-refractivity contribution >= 4 is 6.21 Å². The van der Waals surface area contributed by atoms with E-state index in [2.05, 4.69) is 4.99 Å². The molecular weight excluding hydrogens is 126 g/mol. The Bertz CT molecular complexity index is 122. The molecule has 2 atom stereocenters. The second-order valence-electron chi connectivity index (χ2n) is 2.92. The molecule has 1 saturated carbocycles. The number of aliphatic hydroxyl groups excluding tert-OH is 1. The van der Waals surface area contributed by atoms with Crippen molar-refractivity contribution in [2.75, 3.05) is 7.05 Å². The van der Waals surface area contributed by atoms with Crippen molar-refractivity contribution in [3.05, 3.63) is 0 Å². The third-order valence-electron chi connectivity index (χ3n) is 2.12. The van der Waals surface area contributed by atoms with Gasteiger partial charge in [0.05, 0.1) is 6.10 Å². The fourth-order valence-electron chi connectivity index (χ4n) is 1.51. The first kappa shape index (κ1) is 7.73. The van der Waals surface area contributed by atoms with Gasteiger partial charge in [-0.3, -0.25) is 0 Å². The monoisotopic (exact) mass is 141 g/mol. The van der Waals surface area contributed by atoms with Crippen molar-refractivity contribution in [3.63, 3.8) is 0 Å². The highest BCUT2D eigenvalue weighted by Gasteiger charge is 2.20. The minimum Gasteiger partial charge on any atom is -0.392 e. The third kappa shape index (κ3) is 1.81. The summed E-state index contributed by atoms with van der Waals surface area (Å²) in [6.07, 6.45) is 6.24. The van der Waals surface area contributed by atoms with Gasteiger partial charge in [0.2, 0.25) is 0 Å². The lowest BCUT2D eigenvalue weighted by Crippen LogP contribution is -2.25. The van der Waals surface area contributed by atoms with Gasteiger partial charge in [-0.05, 0) is 12.8 Å².